The van der Waals surface area contributed by atoms with Crippen LogP contribution in [0.2, 0.25) is 0 Å². The van der Waals surface area contributed by atoms with Crippen LogP contribution in [-0.2, 0) is 25.9 Å². The molecule has 0 unspecified atom stereocenters. The van der Waals surface area contributed by atoms with E-state index in [1.165, 1.54) is 27.8 Å². The molecule has 0 bridgehead atoms. The van der Waals surface area contributed by atoms with Gasteiger partial charge in [-0.15, -0.1) is 0 Å². The van der Waals surface area contributed by atoms with Gasteiger partial charge in [0.05, 0.1) is 28.9 Å². The Morgan fingerprint density at radius 3 is 2.45 bits per heavy atom. The third-order valence-electron chi connectivity index (χ3n) is 8.06. The van der Waals surface area contributed by atoms with Gasteiger partial charge in [0.15, 0.2) is 5.82 Å². The predicted molar refractivity (Wildman–Crippen MR) is 158 cm³/mol. The van der Waals surface area contributed by atoms with E-state index in [0.29, 0.717) is 23.7 Å². The zero-order valence-corrected chi connectivity index (χ0v) is 25.3. The number of nitrogens with one attached hydrogen (secondary N) is 1. The molecule has 0 saturated carbocycles. The van der Waals surface area contributed by atoms with Gasteiger partial charge in [0.1, 0.15) is 22.8 Å². The zero-order valence-electron chi connectivity index (χ0n) is 25.3. The van der Waals surface area contributed by atoms with Gasteiger partial charge in [0, 0.05) is 44.6 Å². The van der Waals surface area contributed by atoms with Crippen molar-refractivity contribution in [2.24, 2.45) is 7.05 Å². The van der Waals surface area contributed by atoms with Crippen LogP contribution in [0.4, 0.5) is 42.2 Å². The van der Waals surface area contributed by atoms with Crippen LogP contribution >= 0.6 is 0 Å². The highest BCUT2D eigenvalue weighted by Crippen LogP contribution is 2.39. The van der Waals surface area contributed by atoms with Gasteiger partial charge in [-0.25, -0.2) is 19.0 Å². The first-order valence-electron chi connectivity index (χ1n) is 14.6. The highest BCUT2D eigenvalue weighted by atomic mass is 19.4. The minimum atomic E-state index is -4.90. The summed E-state index contributed by atoms with van der Waals surface area (Å²) in [5.41, 5.74) is -5.02. The molecule has 4 heterocycles. The second-order valence-electron chi connectivity index (χ2n) is 11.6. The van der Waals surface area contributed by atoms with Gasteiger partial charge in [-0.2, -0.15) is 31.4 Å². The van der Waals surface area contributed by atoms with E-state index < -0.39 is 70.1 Å². The molecule has 5 rings (SSSR count). The van der Waals surface area contributed by atoms with Crippen molar-refractivity contribution in [3.05, 3.63) is 74.4 Å². The number of aliphatic hydroxyl groups excluding tert-OH is 1. The van der Waals surface area contributed by atoms with E-state index in [2.05, 4.69) is 20.4 Å². The molecule has 0 radical (unpaired) electrons. The molecule has 17 heteroatoms. The average molecular weight is 670 g/mol. The van der Waals surface area contributed by atoms with E-state index in [1.807, 2.05) is 0 Å². The summed E-state index contributed by atoms with van der Waals surface area (Å²) in [6, 6.07) is 2.74. The highest BCUT2D eigenvalue weighted by Gasteiger charge is 2.40. The van der Waals surface area contributed by atoms with Crippen LogP contribution in [0.1, 0.15) is 44.2 Å². The summed E-state index contributed by atoms with van der Waals surface area (Å²) in [5, 5.41) is 16.6. The van der Waals surface area contributed by atoms with Crippen molar-refractivity contribution >= 4 is 22.3 Å². The minimum absolute atomic E-state index is 0.00984. The lowest BCUT2D eigenvalue weighted by Crippen LogP contribution is -2.31. The first-order valence-corrected chi connectivity index (χ1v) is 14.6. The SMILES string of the molecule is C[C@@H](CCCn1ccc2cc(-c3ncc(C(F)(F)F)c(N4C[C@H](O)C[C@@H]4C)n3)c(F)cc2c1=O)Nc1cnn(C)c(=O)c1C(F)(F)F. The van der Waals surface area contributed by atoms with Crippen molar-refractivity contribution in [1.82, 2.24) is 24.3 Å². The fourth-order valence-corrected chi connectivity index (χ4v) is 5.70. The van der Waals surface area contributed by atoms with Gasteiger partial charge in [-0.1, -0.05) is 0 Å². The van der Waals surface area contributed by atoms with Crippen molar-refractivity contribution in [2.45, 2.75) is 70.2 Å². The standard InChI is InChI=1S/C30H30F7N7O3/c1-15(40-23-13-39-42(3)28(47)24(23)30(35,36)37)5-4-7-43-8-6-17-10-20(22(31)11-19(17)27(43)46)25-38-12-21(29(32,33)34)26(41-25)44-14-18(45)9-16(44)2/h6,8,10-13,15-16,18,40,45H,4-5,7,9,14H2,1-3H3/t15-,16-,18+/m0/s1. The van der Waals surface area contributed by atoms with Gasteiger partial charge in [-0.05, 0) is 56.7 Å². The second-order valence-corrected chi connectivity index (χ2v) is 11.6. The zero-order chi connectivity index (χ0) is 34.4. The number of β-amino-alcohol motifs (C(OH)–C–C–N with tert-alkyl or cyclic N) is 1. The van der Waals surface area contributed by atoms with Crippen molar-refractivity contribution < 1.29 is 35.8 Å². The molecular formula is C30H30F7N7O3. The quantitative estimate of drug-likeness (QED) is 0.253. The molecule has 10 nitrogen and oxygen atoms in total. The van der Waals surface area contributed by atoms with Crippen LogP contribution in [0.3, 0.4) is 0 Å². The van der Waals surface area contributed by atoms with Crippen LogP contribution in [0.15, 0.2) is 46.4 Å². The molecule has 3 atom stereocenters. The summed E-state index contributed by atoms with van der Waals surface area (Å²) >= 11 is 0. The summed E-state index contributed by atoms with van der Waals surface area (Å²) in [5.74, 6) is -1.74. The van der Waals surface area contributed by atoms with Crippen LogP contribution in [0.25, 0.3) is 22.2 Å². The summed E-state index contributed by atoms with van der Waals surface area (Å²) in [4.78, 5) is 34.4. The molecule has 1 fully saturated rings. The topological polar surface area (TPSA) is 118 Å². The first kappa shape index (κ1) is 33.8. The number of nitrogens with zero attached hydrogens (tertiary/aromatic N) is 6. The number of halogens is 7. The Hall–Kier alpha value is -4.54. The molecule has 1 aliphatic rings. The summed E-state index contributed by atoms with van der Waals surface area (Å²) in [7, 11) is 1.11. The monoisotopic (exact) mass is 669 g/mol. The summed E-state index contributed by atoms with van der Waals surface area (Å²) < 4.78 is 99.2. The van der Waals surface area contributed by atoms with E-state index in [4.69, 9.17) is 0 Å². The van der Waals surface area contributed by atoms with Crippen molar-refractivity contribution in [1.29, 1.82) is 0 Å². The van der Waals surface area contributed by atoms with E-state index in [-0.39, 0.29) is 41.7 Å². The number of fused-ring (bicyclic) bond motifs is 1. The molecule has 2 N–H and O–H groups in total. The molecule has 0 amide bonds. The number of benzene rings is 1. The van der Waals surface area contributed by atoms with E-state index in [1.54, 1.807) is 13.8 Å². The fourth-order valence-electron chi connectivity index (χ4n) is 5.70. The second kappa shape index (κ2) is 12.6. The minimum Gasteiger partial charge on any atom is -0.391 e. The molecule has 1 aromatic carbocycles. The third kappa shape index (κ3) is 6.94. The van der Waals surface area contributed by atoms with Gasteiger partial charge >= 0.3 is 12.4 Å². The number of hydrogen-bond acceptors (Lipinski definition) is 8. The predicted octanol–water partition coefficient (Wildman–Crippen LogP) is 4.97. The maximum Gasteiger partial charge on any atom is 0.423 e. The molecule has 0 aliphatic carbocycles. The average Bonchev–Trinajstić information content (AvgIpc) is 3.32. The van der Waals surface area contributed by atoms with E-state index >= 15 is 4.39 Å². The molecule has 1 aliphatic heterocycles. The van der Waals surface area contributed by atoms with Gasteiger partial charge < -0.3 is 19.9 Å². The third-order valence-corrected chi connectivity index (χ3v) is 8.06. The van der Waals surface area contributed by atoms with Gasteiger partial charge in [0.25, 0.3) is 11.1 Å². The van der Waals surface area contributed by atoms with Gasteiger partial charge in [-0.3, -0.25) is 9.59 Å². The van der Waals surface area contributed by atoms with Crippen molar-refractivity contribution in [3.63, 3.8) is 0 Å². The number of rotatable bonds is 8. The number of pyridine rings is 1. The Morgan fingerprint density at radius 1 is 1.09 bits per heavy atom. The molecule has 252 valence electrons. The Labute approximate surface area is 262 Å². The normalized spacial score (nSPS) is 17.8. The number of aromatic nitrogens is 5. The Kier molecular flexibility index (Phi) is 9.05. The maximum absolute atomic E-state index is 15.4. The van der Waals surface area contributed by atoms with Crippen LogP contribution in [-0.4, -0.2) is 54.2 Å². The molecule has 4 aromatic rings. The lowest BCUT2D eigenvalue weighted by atomic mass is 10.1. The molecule has 47 heavy (non-hydrogen) atoms. The largest absolute Gasteiger partial charge is 0.423 e. The molecule has 1 saturated heterocycles. The lowest BCUT2D eigenvalue weighted by Gasteiger charge is -2.26. The Balaban J connectivity index is 1.36. The first-order chi connectivity index (χ1) is 22.0. The number of alkyl halides is 6. The molecule has 0 spiro atoms. The number of aliphatic hydroxyl groups is 1. The van der Waals surface area contributed by atoms with Crippen LogP contribution in [0, 0.1) is 5.82 Å². The van der Waals surface area contributed by atoms with Crippen LogP contribution < -0.4 is 21.3 Å². The van der Waals surface area contributed by atoms with Gasteiger partial charge in [0.2, 0.25) is 0 Å². The summed E-state index contributed by atoms with van der Waals surface area (Å²) in [6.45, 7) is 3.30. The fraction of sp³-hybridized carbons (Fsp3) is 0.433. The van der Waals surface area contributed by atoms with E-state index in [0.717, 1.165) is 19.3 Å². The molecular weight excluding hydrogens is 639 g/mol. The summed E-state index contributed by atoms with van der Waals surface area (Å²) in [6.07, 6.45) is -6.76. The number of anilines is 2. The Morgan fingerprint density at radius 2 is 1.81 bits per heavy atom. The van der Waals surface area contributed by atoms with Crippen molar-refractivity contribution in [3.8, 4) is 11.4 Å². The van der Waals surface area contributed by atoms with Crippen LogP contribution in [0.5, 0.6) is 0 Å². The number of aryl methyl sites for hydroxylation is 2. The molecule has 3 aromatic heterocycles. The smallest absolute Gasteiger partial charge is 0.391 e. The van der Waals surface area contributed by atoms with Crippen molar-refractivity contribution in [2.75, 3.05) is 16.8 Å². The lowest BCUT2D eigenvalue weighted by molar-refractivity contribution is -0.139. The Bertz CT molecular complexity index is 1920. The number of hydrogen-bond donors (Lipinski definition) is 2. The highest BCUT2D eigenvalue weighted by molar-refractivity contribution is 5.86. The van der Waals surface area contributed by atoms with E-state index in [9.17, 15) is 41.0 Å². The maximum atomic E-state index is 15.4.